The van der Waals surface area contributed by atoms with Gasteiger partial charge in [0.1, 0.15) is 0 Å². The first-order chi connectivity index (χ1) is 8.58. The van der Waals surface area contributed by atoms with Gasteiger partial charge in [0.05, 0.1) is 18.8 Å². The highest BCUT2D eigenvalue weighted by Crippen LogP contribution is 2.18. The van der Waals surface area contributed by atoms with Crippen LogP contribution in [0.2, 0.25) is 0 Å². The molecule has 2 atom stereocenters. The maximum absolute atomic E-state index is 12.1. The Morgan fingerprint density at radius 2 is 2.28 bits per heavy atom. The van der Waals surface area contributed by atoms with Crippen LogP contribution in [0.1, 0.15) is 20.3 Å². The number of hydrogen-bond acceptors (Lipinski definition) is 4. The molecule has 102 valence electrons. The van der Waals surface area contributed by atoms with E-state index in [1.54, 1.807) is 4.90 Å². The summed E-state index contributed by atoms with van der Waals surface area (Å²) in [7, 11) is 0. The van der Waals surface area contributed by atoms with Crippen LogP contribution in [0.4, 0.5) is 4.79 Å². The number of rotatable bonds is 3. The summed E-state index contributed by atoms with van der Waals surface area (Å²) in [6, 6.07) is 0.136. The highest BCUT2D eigenvalue weighted by atomic mass is 32.2. The van der Waals surface area contributed by atoms with Crippen molar-refractivity contribution in [2.75, 3.05) is 32.0 Å². The summed E-state index contributed by atoms with van der Waals surface area (Å²) in [4.78, 5) is 27.2. The Kier molecular flexibility index (Phi) is 4.50. The lowest BCUT2D eigenvalue weighted by Gasteiger charge is -2.37. The quantitative estimate of drug-likeness (QED) is 0.774. The summed E-state index contributed by atoms with van der Waals surface area (Å²) in [5, 5.41) is 0.103. The Bertz CT molecular complexity index is 337. The second kappa shape index (κ2) is 5.93. The third-order valence-corrected chi connectivity index (χ3v) is 4.26. The van der Waals surface area contributed by atoms with Crippen molar-refractivity contribution in [1.82, 2.24) is 9.80 Å². The molecule has 0 bridgehead atoms. The first-order valence-electron chi connectivity index (χ1n) is 6.40. The third kappa shape index (κ3) is 3.17. The SMILES string of the molecule is C[C@@H]1CN(C(=O)CCN2CCSC2=O)[C@@H](C)CO1. The standard InChI is InChI=1S/C12H20N2O3S/c1-9-8-17-10(2)7-14(9)11(15)3-4-13-5-6-18-12(13)16/h9-10H,3-8H2,1-2H3/t9-,10+/m0/s1. The second-order valence-electron chi connectivity index (χ2n) is 4.89. The fourth-order valence-corrected chi connectivity index (χ4v) is 3.11. The minimum atomic E-state index is 0.103. The van der Waals surface area contributed by atoms with Gasteiger partial charge in [-0.3, -0.25) is 9.59 Å². The van der Waals surface area contributed by atoms with E-state index in [-0.39, 0.29) is 23.3 Å². The third-order valence-electron chi connectivity index (χ3n) is 3.37. The number of hydrogen-bond donors (Lipinski definition) is 0. The van der Waals surface area contributed by atoms with Gasteiger partial charge in [-0.1, -0.05) is 11.8 Å². The van der Waals surface area contributed by atoms with Gasteiger partial charge in [-0.05, 0) is 13.8 Å². The van der Waals surface area contributed by atoms with Crippen LogP contribution < -0.4 is 0 Å². The molecule has 2 aliphatic heterocycles. The van der Waals surface area contributed by atoms with Crippen LogP contribution in [0.25, 0.3) is 0 Å². The number of morpholine rings is 1. The highest BCUT2D eigenvalue weighted by molar-refractivity contribution is 8.13. The smallest absolute Gasteiger partial charge is 0.281 e. The molecular weight excluding hydrogens is 252 g/mol. The predicted octanol–water partition coefficient (Wildman–Crippen LogP) is 1.18. The number of carbonyl (C=O) groups is 2. The monoisotopic (exact) mass is 272 g/mol. The van der Waals surface area contributed by atoms with Crippen LogP contribution in [0.15, 0.2) is 0 Å². The number of carbonyl (C=O) groups excluding carboxylic acids is 2. The first kappa shape index (κ1) is 13.7. The Hall–Kier alpha value is -0.750. The minimum Gasteiger partial charge on any atom is -0.375 e. The van der Waals surface area contributed by atoms with Crippen LogP contribution in [0.5, 0.6) is 0 Å². The van der Waals surface area contributed by atoms with Crippen molar-refractivity contribution in [3.05, 3.63) is 0 Å². The van der Waals surface area contributed by atoms with Gasteiger partial charge in [0.25, 0.3) is 5.24 Å². The topological polar surface area (TPSA) is 49.9 Å². The maximum Gasteiger partial charge on any atom is 0.281 e. The van der Waals surface area contributed by atoms with Gasteiger partial charge in [0.2, 0.25) is 5.91 Å². The van der Waals surface area contributed by atoms with Crippen molar-refractivity contribution in [2.45, 2.75) is 32.4 Å². The van der Waals surface area contributed by atoms with Crippen molar-refractivity contribution in [1.29, 1.82) is 0 Å². The van der Waals surface area contributed by atoms with E-state index in [9.17, 15) is 9.59 Å². The van der Waals surface area contributed by atoms with E-state index >= 15 is 0 Å². The zero-order valence-electron chi connectivity index (χ0n) is 10.9. The van der Waals surface area contributed by atoms with Gasteiger partial charge in [-0.25, -0.2) is 0 Å². The molecule has 6 heteroatoms. The Morgan fingerprint density at radius 3 is 2.94 bits per heavy atom. The average molecular weight is 272 g/mol. The van der Waals surface area contributed by atoms with Gasteiger partial charge in [-0.15, -0.1) is 0 Å². The van der Waals surface area contributed by atoms with E-state index in [0.29, 0.717) is 26.1 Å². The molecule has 0 saturated carbocycles. The van der Waals surface area contributed by atoms with Gasteiger partial charge in [0.15, 0.2) is 0 Å². The molecule has 2 heterocycles. The zero-order valence-corrected chi connectivity index (χ0v) is 11.7. The van der Waals surface area contributed by atoms with Gasteiger partial charge >= 0.3 is 0 Å². The zero-order chi connectivity index (χ0) is 13.1. The average Bonchev–Trinajstić information content (AvgIpc) is 2.75. The number of nitrogens with zero attached hydrogens (tertiary/aromatic N) is 2. The van der Waals surface area contributed by atoms with Crippen molar-refractivity contribution >= 4 is 22.9 Å². The lowest BCUT2D eigenvalue weighted by atomic mass is 10.2. The van der Waals surface area contributed by atoms with Gasteiger partial charge in [-0.2, -0.15) is 0 Å². The molecule has 0 N–H and O–H groups in total. The van der Waals surface area contributed by atoms with Crippen LogP contribution in [0, 0.1) is 0 Å². The fourth-order valence-electron chi connectivity index (χ4n) is 2.25. The molecule has 0 aliphatic carbocycles. The van der Waals surface area contributed by atoms with Crippen LogP contribution in [0.3, 0.4) is 0 Å². The van der Waals surface area contributed by atoms with E-state index in [1.807, 2.05) is 18.7 Å². The van der Waals surface area contributed by atoms with E-state index in [0.717, 1.165) is 12.3 Å². The molecular formula is C12H20N2O3S. The molecule has 2 fully saturated rings. The summed E-state index contributed by atoms with van der Waals surface area (Å²) >= 11 is 1.34. The van der Waals surface area contributed by atoms with Crippen LogP contribution in [-0.4, -0.2) is 65.1 Å². The minimum absolute atomic E-state index is 0.103. The molecule has 0 spiro atoms. The van der Waals surface area contributed by atoms with Crippen LogP contribution >= 0.6 is 11.8 Å². The summed E-state index contributed by atoms with van der Waals surface area (Å²) in [6.07, 6.45) is 0.526. The molecule has 0 radical (unpaired) electrons. The summed E-state index contributed by atoms with van der Waals surface area (Å²) < 4.78 is 5.50. The predicted molar refractivity (Wildman–Crippen MR) is 70.6 cm³/mol. The van der Waals surface area contributed by atoms with E-state index in [1.165, 1.54) is 11.8 Å². The Labute approximate surface area is 112 Å². The molecule has 0 aromatic rings. The normalized spacial score (nSPS) is 28.9. The van der Waals surface area contributed by atoms with Gasteiger partial charge < -0.3 is 14.5 Å². The molecule has 5 nitrogen and oxygen atoms in total. The van der Waals surface area contributed by atoms with Gasteiger partial charge in [0, 0.05) is 31.8 Å². The van der Waals surface area contributed by atoms with Crippen molar-refractivity contribution < 1.29 is 14.3 Å². The molecule has 0 aromatic carbocycles. The first-order valence-corrected chi connectivity index (χ1v) is 7.39. The molecule has 18 heavy (non-hydrogen) atoms. The Balaban J connectivity index is 1.81. The molecule has 2 aliphatic rings. The maximum atomic E-state index is 12.1. The summed E-state index contributed by atoms with van der Waals surface area (Å²) in [5.74, 6) is 0.972. The van der Waals surface area contributed by atoms with E-state index < -0.39 is 0 Å². The second-order valence-corrected chi connectivity index (χ2v) is 5.94. The molecule has 0 aromatic heterocycles. The summed E-state index contributed by atoms with van der Waals surface area (Å²) in [5.41, 5.74) is 0. The number of thioether (sulfide) groups is 1. The molecule has 2 amide bonds. The Morgan fingerprint density at radius 1 is 1.50 bits per heavy atom. The van der Waals surface area contributed by atoms with Crippen molar-refractivity contribution in [3.8, 4) is 0 Å². The lowest BCUT2D eigenvalue weighted by molar-refractivity contribution is -0.143. The largest absolute Gasteiger partial charge is 0.375 e. The molecule has 2 rings (SSSR count). The fraction of sp³-hybridized carbons (Fsp3) is 0.833. The number of ether oxygens (including phenoxy) is 1. The lowest BCUT2D eigenvalue weighted by Crippen LogP contribution is -2.50. The van der Waals surface area contributed by atoms with E-state index in [2.05, 4.69) is 0 Å². The van der Waals surface area contributed by atoms with Crippen molar-refractivity contribution in [3.63, 3.8) is 0 Å². The highest BCUT2D eigenvalue weighted by Gasteiger charge is 2.28. The van der Waals surface area contributed by atoms with Crippen molar-refractivity contribution in [2.24, 2.45) is 0 Å². The number of amides is 2. The molecule has 2 saturated heterocycles. The summed E-state index contributed by atoms with van der Waals surface area (Å²) in [6.45, 7) is 6.55. The molecule has 0 unspecified atom stereocenters. The van der Waals surface area contributed by atoms with E-state index in [4.69, 9.17) is 4.74 Å². The van der Waals surface area contributed by atoms with Crippen LogP contribution in [-0.2, 0) is 9.53 Å².